The number of anilines is 1. The molecule has 0 fully saturated rings. The van der Waals surface area contributed by atoms with Crippen molar-refractivity contribution in [2.45, 2.75) is 19.4 Å². The van der Waals surface area contributed by atoms with E-state index in [0.717, 1.165) is 31.7 Å². The molecule has 0 saturated carbocycles. The van der Waals surface area contributed by atoms with Gasteiger partial charge in [0, 0.05) is 13.1 Å². The van der Waals surface area contributed by atoms with Crippen molar-refractivity contribution in [3.8, 4) is 0 Å². The van der Waals surface area contributed by atoms with Crippen molar-refractivity contribution in [3.63, 3.8) is 0 Å². The summed E-state index contributed by atoms with van der Waals surface area (Å²) in [5.74, 6) is 1.15. The molecule has 0 saturated heterocycles. The quantitative estimate of drug-likeness (QED) is 0.706. The fourth-order valence-corrected chi connectivity index (χ4v) is 2.34. The van der Waals surface area contributed by atoms with Gasteiger partial charge in [-0.25, -0.2) is 4.68 Å². The summed E-state index contributed by atoms with van der Waals surface area (Å²) >= 11 is 7.94. The third-order valence-corrected chi connectivity index (χ3v) is 3.90. The summed E-state index contributed by atoms with van der Waals surface area (Å²) in [6.07, 6.45) is 5.94. The van der Waals surface area contributed by atoms with E-state index in [4.69, 9.17) is 11.6 Å². The first-order chi connectivity index (χ1) is 9.56. The number of hydrogen-bond acceptors (Lipinski definition) is 5. The van der Waals surface area contributed by atoms with Crippen LogP contribution in [0.2, 0.25) is 5.02 Å². The molecule has 0 unspecified atom stereocenters. The third kappa shape index (κ3) is 5.73. The topological polar surface area (TPSA) is 50.2 Å². The van der Waals surface area contributed by atoms with Crippen LogP contribution in [-0.4, -0.2) is 53.9 Å². The molecule has 5 nitrogen and oxygen atoms in total. The molecule has 0 aliphatic carbocycles. The lowest BCUT2D eigenvalue weighted by Gasteiger charge is -2.12. The van der Waals surface area contributed by atoms with Crippen LogP contribution in [0.15, 0.2) is 11.0 Å². The zero-order chi connectivity index (χ0) is 15.0. The first kappa shape index (κ1) is 17.3. The Kier molecular flexibility index (Phi) is 8.02. The van der Waals surface area contributed by atoms with Gasteiger partial charge in [0.05, 0.1) is 18.4 Å². The number of hydrogen-bond donors (Lipinski definition) is 1. The van der Waals surface area contributed by atoms with Crippen molar-refractivity contribution in [2.24, 2.45) is 0 Å². The molecule has 0 radical (unpaired) electrons. The van der Waals surface area contributed by atoms with E-state index in [0.29, 0.717) is 12.2 Å². The summed E-state index contributed by atoms with van der Waals surface area (Å²) in [7, 11) is 3.91. The van der Waals surface area contributed by atoms with Gasteiger partial charge < -0.3 is 10.2 Å². The molecule has 0 spiro atoms. The molecule has 1 aromatic heterocycles. The molecule has 1 heterocycles. The lowest BCUT2D eigenvalue weighted by Crippen LogP contribution is -2.29. The smallest absolute Gasteiger partial charge is 0.287 e. The van der Waals surface area contributed by atoms with E-state index in [9.17, 15) is 4.79 Å². The minimum Gasteiger partial charge on any atom is -0.382 e. The molecular weight excluding hydrogens is 296 g/mol. The summed E-state index contributed by atoms with van der Waals surface area (Å²) in [5.41, 5.74) is 0.393. The van der Waals surface area contributed by atoms with Crippen LogP contribution in [0.1, 0.15) is 12.8 Å². The average Bonchev–Trinajstić information content (AvgIpc) is 2.42. The molecule has 7 heteroatoms. The minimum absolute atomic E-state index is 0.226. The van der Waals surface area contributed by atoms with Gasteiger partial charge in [0.1, 0.15) is 5.02 Å². The molecule has 0 aromatic carbocycles. The minimum atomic E-state index is -0.234. The van der Waals surface area contributed by atoms with Crippen LogP contribution < -0.4 is 10.9 Å². The zero-order valence-corrected chi connectivity index (χ0v) is 13.9. The summed E-state index contributed by atoms with van der Waals surface area (Å²) in [6, 6.07) is 0. The van der Waals surface area contributed by atoms with Gasteiger partial charge in [-0.3, -0.25) is 4.79 Å². The van der Waals surface area contributed by atoms with E-state index in [1.54, 1.807) is 6.20 Å². The van der Waals surface area contributed by atoms with Gasteiger partial charge in [-0.05, 0) is 38.9 Å². The highest BCUT2D eigenvalue weighted by atomic mass is 35.5. The van der Waals surface area contributed by atoms with Crippen LogP contribution in [-0.2, 0) is 6.54 Å². The van der Waals surface area contributed by atoms with Crippen molar-refractivity contribution in [1.82, 2.24) is 14.7 Å². The van der Waals surface area contributed by atoms with E-state index in [2.05, 4.69) is 16.7 Å². The normalized spacial score (nSPS) is 11.1. The van der Waals surface area contributed by atoms with Crippen molar-refractivity contribution in [1.29, 1.82) is 0 Å². The second-order valence-electron chi connectivity index (χ2n) is 4.83. The van der Waals surface area contributed by atoms with Crippen LogP contribution in [0, 0.1) is 0 Å². The Morgan fingerprint density at radius 3 is 2.85 bits per heavy atom. The number of likely N-dealkylation sites (N-methyl/N-ethyl adjacent to an activating group) is 1. The van der Waals surface area contributed by atoms with Crippen molar-refractivity contribution >= 4 is 29.1 Å². The maximum absolute atomic E-state index is 12.0. The maximum atomic E-state index is 12.0. The second kappa shape index (κ2) is 9.26. The Morgan fingerprint density at radius 2 is 2.20 bits per heavy atom. The molecule has 0 aliphatic rings. The van der Waals surface area contributed by atoms with Gasteiger partial charge >= 0.3 is 0 Å². The van der Waals surface area contributed by atoms with Crippen molar-refractivity contribution in [3.05, 3.63) is 21.6 Å². The van der Waals surface area contributed by atoms with Crippen molar-refractivity contribution in [2.75, 3.05) is 44.5 Å². The lowest BCUT2D eigenvalue weighted by molar-refractivity contribution is 0.367. The van der Waals surface area contributed by atoms with Gasteiger partial charge in [-0.1, -0.05) is 11.6 Å². The first-order valence-corrected chi connectivity index (χ1v) is 8.46. The van der Waals surface area contributed by atoms with Gasteiger partial charge in [0.25, 0.3) is 5.56 Å². The van der Waals surface area contributed by atoms with Gasteiger partial charge in [-0.15, -0.1) is 0 Å². The number of unbranched alkanes of at least 4 members (excludes halogenated alkanes) is 1. The average molecular weight is 319 g/mol. The number of nitrogens with one attached hydrogen (secondary N) is 1. The van der Waals surface area contributed by atoms with Gasteiger partial charge in [0.2, 0.25) is 0 Å². The van der Waals surface area contributed by atoms with Crippen LogP contribution in [0.3, 0.4) is 0 Å². The van der Waals surface area contributed by atoms with E-state index in [1.165, 1.54) is 4.68 Å². The molecule has 0 aliphatic heterocycles. The third-order valence-electron chi connectivity index (χ3n) is 2.83. The van der Waals surface area contributed by atoms with E-state index in [-0.39, 0.29) is 10.6 Å². The van der Waals surface area contributed by atoms with Crippen LogP contribution in [0.25, 0.3) is 0 Å². The SMILES string of the molecule is CSCCCCNc1cnn(CCN(C)C)c(=O)c1Cl. The van der Waals surface area contributed by atoms with Gasteiger partial charge in [0.15, 0.2) is 0 Å². The molecular formula is C13H23ClN4OS. The Balaban J connectivity index is 2.57. The Labute approximate surface area is 129 Å². The fourth-order valence-electron chi connectivity index (χ4n) is 1.64. The molecule has 1 N–H and O–H groups in total. The highest BCUT2D eigenvalue weighted by Crippen LogP contribution is 2.15. The van der Waals surface area contributed by atoms with E-state index < -0.39 is 0 Å². The molecule has 0 bridgehead atoms. The number of thioether (sulfide) groups is 1. The van der Waals surface area contributed by atoms with Crippen LogP contribution in [0.5, 0.6) is 0 Å². The second-order valence-corrected chi connectivity index (χ2v) is 6.19. The molecule has 1 rings (SSSR count). The molecule has 114 valence electrons. The van der Waals surface area contributed by atoms with E-state index >= 15 is 0 Å². The van der Waals surface area contributed by atoms with Crippen molar-refractivity contribution < 1.29 is 0 Å². The van der Waals surface area contributed by atoms with Crippen LogP contribution >= 0.6 is 23.4 Å². The molecule has 20 heavy (non-hydrogen) atoms. The Hall–Kier alpha value is -0.720. The number of halogens is 1. The van der Waals surface area contributed by atoms with Gasteiger partial charge in [-0.2, -0.15) is 16.9 Å². The number of aromatic nitrogens is 2. The van der Waals surface area contributed by atoms with Crippen LogP contribution in [0.4, 0.5) is 5.69 Å². The number of nitrogens with zero attached hydrogens (tertiary/aromatic N) is 3. The Morgan fingerprint density at radius 1 is 1.45 bits per heavy atom. The molecule has 1 aromatic rings. The lowest BCUT2D eigenvalue weighted by atomic mass is 10.3. The summed E-state index contributed by atoms with van der Waals surface area (Å²) < 4.78 is 1.40. The predicted molar refractivity (Wildman–Crippen MR) is 88.2 cm³/mol. The standard InChI is InChI=1S/C13H23ClN4OS/c1-17(2)7-8-18-13(19)12(14)11(10-16-18)15-6-4-5-9-20-3/h10,15H,4-9H2,1-3H3. The highest BCUT2D eigenvalue weighted by molar-refractivity contribution is 7.98. The summed E-state index contributed by atoms with van der Waals surface area (Å²) in [4.78, 5) is 14.0. The predicted octanol–water partition coefficient (Wildman–Crippen LogP) is 2.01. The molecule has 0 atom stereocenters. The number of rotatable bonds is 9. The Bertz CT molecular complexity index is 464. The summed E-state index contributed by atoms with van der Waals surface area (Å²) in [5, 5.41) is 7.56. The highest BCUT2D eigenvalue weighted by Gasteiger charge is 2.08. The van der Waals surface area contributed by atoms with E-state index in [1.807, 2.05) is 30.8 Å². The molecule has 0 amide bonds. The zero-order valence-electron chi connectivity index (χ0n) is 12.4. The summed E-state index contributed by atoms with van der Waals surface area (Å²) in [6.45, 7) is 2.10. The first-order valence-electron chi connectivity index (χ1n) is 6.69. The maximum Gasteiger partial charge on any atom is 0.287 e. The fraction of sp³-hybridized carbons (Fsp3) is 0.692. The largest absolute Gasteiger partial charge is 0.382 e. The monoisotopic (exact) mass is 318 g/mol.